The fourth-order valence-corrected chi connectivity index (χ4v) is 6.10. The van der Waals surface area contributed by atoms with Crippen LogP contribution < -0.4 is 16.4 Å². The van der Waals surface area contributed by atoms with Crippen molar-refractivity contribution < 1.29 is 9.59 Å². The van der Waals surface area contributed by atoms with Crippen LogP contribution in [0.3, 0.4) is 0 Å². The molecule has 1 saturated carbocycles. The van der Waals surface area contributed by atoms with Gasteiger partial charge >= 0.3 is 6.03 Å². The Labute approximate surface area is 202 Å². The van der Waals surface area contributed by atoms with Gasteiger partial charge in [0.15, 0.2) is 5.01 Å². The summed E-state index contributed by atoms with van der Waals surface area (Å²) in [5.41, 5.74) is 15.2. The number of hydrogen-bond acceptors (Lipinski definition) is 6. The molecule has 2 aromatic heterocycles. The van der Waals surface area contributed by atoms with Gasteiger partial charge in [0.2, 0.25) is 0 Å². The predicted molar refractivity (Wildman–Crippen MR) is 133 cm³/mol. The number of carbonyl (C=O) groups is 2. The number of pyridine rings is 1. The monoisotopic (exact) mass is 476 g/mol. The van der Waals surface area contributed by atoms with Crippen molar-refractivity contribution in [3.63, 3.8) is 0 Å². The van der Waals surface area contributed by atoms with E-state index in [-0.39, 0.29) is 11.9 Å². The van der Waals surface area contributed by atoms with Gasteiger partial charge in [0, 0.05) is 36.3 Å². The second kappa shape index (κ2) is 9.42. The Kier molecular flexibility index (Phi) is 6.19. The van der Waals surface area contributed by atoms with Crippen LogP contribution in [0.25, 0.3) is 0 Å². The lowest BCUT2D eigenvalue weighted by Crippen LogP contribution is -2.43. The summed E-state index contributed by atoms with van der Waals surface area (Å²) in [5, 5.41) is 0.439. The maximum atomic E-state index is 13.9. The van der Waals surface area contributed by atoms with Crippen LogP contribution in [0.1, 0.15) is 57.5 Å². The summed E-state index contributed by atoms with van der Waals surface area (Å²) < 4.78 is 0. The van der Waals surface area contributed by atoms with Crippen molar-refractivity contribution >= 4 is 34.6 Å². The largest absolute Gasteiger partial charge is 0.397 e. The molecule has 2 aliphatic rings. The highest BCUT2D eigenvalue weighted by Crippen LogP contribution is 2.38. The van der Waals surface area contributed by atoms with E-state index < -0.39 is 6.03 Å². The number of urea groups is 1. The number of hydrogen-bond donors (Lipinski definition) is 2. The molecule has 9 heteroatoms. The lowest BCUT2D eigenvalue weighted by Gasteiger charge is -2.37. The summed E-state index contributed by atoms with van der Waals surface area (Å²) in [6.07, 6.45) is 8.05. The number of nitrogen functional groups attached to an aromatic ring is 1. The Bertz CT molecular complexity index is 1190. The molecule has 176 valence electrons. The summed E-state index contributed by atoms with van der Waals surface area (Å²) >= 11 is 1.35. The first-order valence-corrected chi connectivity index (χ1v) is 12.4. The van der Waals surface area contributed by atoms with Gasteiger partial charge in [-0.05, 0) is 55.4 Å². The van der Waals surface area contributed by atoms with Crippen LogP contribution >= 0.6 is 11.3 Å². The second-order valence-electron chi connectivity index (χ2n) is 8.92. The van der Waals surface area contributed by atoms with Crippen LogP contribution in [-0.2, 0) is 13.0 Å². The van der Waals surface area contributed by atoms with Crippen molar-refractivity contribution in [3.05, 3.63) is 69.9 Å². The van der Waals surface area contributed by atoms with Crippen molar-refractivity contribution in [2.45, 2.75) is 50.6 Å². The minimum Gasteiger partial charge on any atom is -0.397 e. The van der Waals surface area contributed by atoms with Crippen molar-refractivity contribution in [1.29, 1.82) is 0 Å². The number of fused-ring (bicyclic) bond motifs is 1. The molecule has 8 nitrogen and oxygen atoms in total. The Morgan fingerprint density at radius 1 is 1.09 bits per heavy atom. The molecule has 3 aromatic rings. The van der Waals surface area contributed by atoms with Gasteiger partial charge < -0.3 is 21.3 Å². The molecule has 0 bridgehead atoms. The second-order valence-corrected chi connectivity index (χ2v) is 10.0. The topological polar surface area (TPSA) is 118 Å². The van der Waals surface area contributed by atoms with Crippen LogP contribution in [-0.4, -0.2) is 39.4 Å². The summed E-state index contributed by atoms with van der Waals surface area (Å²) in [6, 6.07) is 11.2. The molecule has 1 aromatic carbocycles. The quantitative estimate of drug-likeness (QED) is 0.553. The van der Waals surface area contributed by atoms with Gasteiger partial charge in [0.1, 0.15) is 0 Å². The molecular weight excluding hydrogens is 448 g/mol. The first kappa shape index (κ1) is 22.3. The molecule has 0 saturated heterocycles. The molecule has 0 spiro atoms. The fraction of sp³-hybridized carbons (Fsp3) is 0.360. The highest BCUT2D eigenvalue weighted by Gasteiger charge is 2.34. The smallest absolute Gasteiger partial charge is 0.315 e. The number of carbonyl (C=O) groups excluding carboxylic acids is 2. The van der Waals surface area contributed by atoms with E-state index in [2.05, 4.69) is 16.0 Å². The van der Waals surface area contributed by atoms with Crippen LogP contribution in [0.4, 0.5) is 16.2 Å². The van der Waals surface area contributed by atoms with E-state index in [1.165, 1.54) is 16.9 Å². The average molecular weight is 477 g/mol. The van der Waals surface area contributed by atoms with E-state index in [9.17, 15) is 9.59 Å². The first-order valence-electron chi connectivity index (χ1n) is 11.6. The zero-order chi connectivity index (χ0) is 23.7. The minimum atomic E-state index is -0.448. The third kappa shape index (κ3) is 4.35. The molecule has 3 heterocycles. The van der Waals surface area contributed by atoms with Gasteiger partial charge in [-0.3, -0.25) is 9.78 Å². The van der Waals surface area contributed by atoms with E-state index in [4.69, 9.17) is 11.5 Å². The van der Waals surface area contributed by atoms with Crippen molar-refractivity contribution in [3.8, 4) is 0 Å². The number of thiazole rings is 1. The minimum absolute atomic E-state index is 0.0353. The first-order chi connectivity index (χ1) is 16.5. The van der Waals surface area contributed by atoms with Crippen LogP contribution in [0, 0.1) is 0 Å². The fourth-order valence-electron chi connectivity index (χ4n) is 5.04. The van der Waals surface area contributed by atoms with Gasteiger partial charge in [-0.25, -0.2) is 9.78 Å². The Balaban J connectivity index is 1.41. The maximum Gasteiger partial charge on any atom is 0.315 e. The SMILES string of the molecule is NC(=O)N1CCc2nc(C(=O)N(c3ccccc3N)C3CCC(c4cccnc4)CC3)sc2C1. The van der Waals surface area contributed by atoms with Crippen LogP contribution in [0.2, 0.25) is 0 Å². The summed E-state index contributed by atoms with van der Waals surface area (Å²) in [7, 11) is 0. The third-order valence-corrected chi connectivity index (χ3v) is 7.93. The van der Waals surface area contributed by atoms with E-state index in [1.807, 2.05) is 41.4 Å². The predicted octanol–water partition coefficient (Wildman–Crippen LogP) is 3.93. The summed E-state index contributed by atoms with van der Waals surface area (Å²) in [5.74, 6) is 0.315. The standard InChI is InChI=1S/C25H28N6O2S/c26-19-5-1-2-6-21(19)31(18-9-7-16(8-10-18)17-4-3-12-28-14-17)24(32)23-29-20-11-13-30(25(27)33)15-22(20)34-23/h1-6,12,14,16,18H,7-11,13,15,26H2,(H2,27,33). The van der Waals surface area contributed by atoms with Gasteiger partial charge in [-0.1, -0.05) is 18.2 Å². The summed E-state index contributed by atoms with van der Waals surface area (Å²) in [4.78, 5) is 38.8. The molecule has 4 N–H and O–H groups in total. The lowest BCUT2D eigenvalue weighted by atomic mass is 9.81. The Morgan fingerprint density at radius 3 is 2.59 bits per heavy atom. The maximum absolute atomic E-state index is 13.9. The van der Waals surface area contributed by atoms with Crippen molar-refractivity contribution in [1.82, 2.24) is 14.9 Å². The number of anilines is 2. The van der Waals surface area contributed by atoms with Crippen molar-refractivity contribution in [2.75, 3.05) is 17.2 Å². The summed E-state index contributed by atoms with van der Waals surface area (Å²) in [6.45, 7) is 0.923. The normalized spacial score (nSPS) is 19.9. The van der Waals surface area contributed by atoms with Gasteiger partial charge in [0.05, 0.1) is 23.6 Å². The number of rotatable bonds is 4. The van der Waals surface area contributed by atoms with Crippen LogP contribution in [0.15, 0.2) is 48.8 Å². The number of para-hydroxylation sites is 2. The third-order valence-electron chi connectivity index (χ3n) is 6.86. The van der Waals surface area contributed by atoms with Gasteiger partial charge in [-0.15, -0.1) is 11.3 Å². The average Bonchev–Trinajstić information content (AvgIpc) is 3.30. The highest BCUT2D eigenvalue weighted by molar-refractivity contribution is 7.13. The van der Waals surface area contributed by atoms with Crippen LogP contribution in [0.5, 0.6) is 0 Å². The van der Waals surface area contributed by atoms with Gasteiger partial charge in [-0.2, -0.15) is 0 Å². The lowest BCUT2D eigenvalue weighted by molar-refractivity contribution is 0.0969. The number of nitrogens with zero attached hydrogens (tertiary/aromatic N) is 4. The number of benzene rings is 1. The van der Waals surface area contributed by atoms with Crippen molar-refractivity contribution in [2.24, 2.45) is 5.73 Å². The molecule has 0 unspecified atom stereocenters. The molecule has 5 rings (SSSR count). The van der Waals surface area contributed by atoms with E-state index in [0.29, 0.717) is 36.1 Å². The zero-order valence-corrected chi connectivity index (χ0v) is 19.7. The molecule has 34 heavy (non-hydrogen) atoms. The van der Waals surface area contributed by atoms with E-state index >= 15 is 0 Å². The molecule has 1 aliphatic carbocycles. The highest BCUT2D eigenvalue weighted by atomic mass is 32.1. The molecule has 3 amide bonds. The number of aromatic nitrogens is 2. The number of primary amides is 1. The molecule has 1 fully saturated rings. The molecule has 0 radical (unpaired) electrons. The Morgan fingerprint density at radius 2 is 1.88 bits per heavy atom. The number of amides is 3. The van der Waals surface area contributed by atoms with E-state index in [1.54, 1.807) is 11.1 Å². The zero-order valence-electron chi connectivity index (χ0n) is 18.9. The molecule has 1 aliphatic heterocycles. The van der Waals surface area contributed by atoms with E-state index in [0.717, 1.165) is 41.9 Å². The molecular formula is C25H28N6O2S. The Hall–Kier alpha value is -3.46. The number of nitrogens with two attached hydrogens (primary N) is 2. The molecule has 0 atom stereocenters. The van der Waals surface area contributed by atoms with Gasteiger partial charge in [0.25, 0.3) is 5.91 Å².